The Kier molecular flexibility index (Phi) is 2.20. The molecule has 66 valence electrons. The SMILES string of the molecule is O=S(=O)(O)Nc1ccccc1O. The third kappa shape index (κ3) is 2.40. The van der Waals surface area contributed by atoms with Gasteiger partial charge in [-0.05, 0) is 12.1 Å². The Bertz CT molecular complexity index is 373. The van der Waals surface area contributed by atoms with E-state index in [1.807, 2.05) is 0 Å². The number of phenolic OH excluding ortho intramolecular Hbond substituents is 1. The highest BCUT2D eigenvalue weighted by atomic mass is 32.2. The first kappa shape index (κ1) is 8.82. The zero-order chi connectivity index (χ0) is 9.19. The molecule has 0 saturated carbocycles. The van der Waals surface area contributed by atoms with Crippen LogP contribution in [-0.2, 0) is 10.3 Å². The average molecular weight is 189 g/mol. The van der Waals surface area contributed by atoms with Crippen molar-refractivity contribution < 1.29 is 18.1 Å². The number of benzene rings is 1. The van der Waals surface area contributed by atoms with Crippen LogP contribution in [0.5, 0.6) is 5.75 Å². The highest BCUT2D eigenvalue weighted by Crippen LogP contribution is 2.21. The van der Waals surface area contributed by atoms with E-state index >= 15 is 0 Å². The molecular weight excluding hydrogens is 182 g/mol. The number of aromatic hydroxyl groups is 1. The van der Waals surface area contributed by atoms with Crippen LogP contribution in [0.15, 0.2) is 24.3 Å². The van der Waals surface area contributed by atoms with Gasteiger partial charge in [0.25, 0.3) is 0 Å². The number of phenols is 1. The number of nitrogens with one attached hydrogen (secondary N) is 1. The summed E-state index contributed by atoms with van der Waals surface area (Å²) in [5.74, 6) is -0.241. The van der Waals surface area contributed by atoms with Gasteiger partial charge in [-0.25, -0.2) is 0 Å². The maximum absolute atomic E-state index is 10.3. The van der Waals surface area contributed by atoms with Gasteiger partial charge in [-0.15, -0.1) is 0 Å². The zero-order valence-corrected chi connectivity index (χ0v) is 6.75. The van der Waals surface area contributed by atoms with Gasteiger partial charge in [0, 0.05) is 0 Å². The lowest BCUT2D eigenvalue weighted by atomic mass is 10.3. The Balaban J connectivity index is 2.98. The second-order valence-corrected chi connectivity index (χ2v) is 3.25. The van der Waals surface area contributed by atoms with Gasteiger partial charge in [0.15, 0.2) is 0 Å². The fourth-order valence-electron chi connectivity index (χ4n) is 0.699. The summed E-state index contributed by atoms with van der Waals surface area (Å²) in [6.07, 6.45) is 0. The summed E-state index contributed by atoms with van der Waals surface area (Å²) in [5, 5.41) is 9.04. The van der Waals surface area contributed by atoms with Crippen LogP contribution < -0.4 is 4.72 Å². The molecule has 1 aromatic rings. The zero-order valence-electron chi connectivity index (χ0n) is 5.93. The number of para-hydroxylation sites is 2. The van der Waals surface area contributed by atoms with Gasteiger partial charge in [-0.1, -0.05) is 12.1 Å². The number of hydrogen-bond acceptors (Lipinski definition) is 3. The maximum atomic E-state index is 10.3. The molecular formula is C6H7NO4S. The highest BCUT2D eigenvalue weighted by Gasteiger charge is 2.06. The first-order valence-electron chi connectivity index (χ1n) is 3.02. The average Bonchev–Trinajstić information content (AvgIpc) is 1.91. The third-order valence-corrected chi connectivity index (χ3v) is 1.62. The van der Waals surface area contributed by atoms with Crippen LogP contribution >= 0.6 is 0 Å². The molecule has 0 aliphatic heterocycles. The topological polar surface area (TPSA) is 86.6 Å². The van der Waals surface area contributed by atoms with Gasteiger partial charge in [-0.2, -0.15) is 8.42 Å². The molecule has 0 saturated heterocycles. The summed E-state index contributed by atoms with van der Waals surface area (Å²) < 4.78 is 30.6. The van der Waals surface area contributed by atoms with E-state index in [0.29, 0.717) is 0 Å². The minimum absolute atomic E-state index is 0.0556. The molecule has 0 aromatic heterocycles. The van der Waals surface area contributed by atoms with E-state index < -0.39 is 10.3 Å². The lowest BCUT2D eigenvalue weighted by molar-refractivity contribution is 0.473. The van der Waals surface area contributed by atoms with E-state index in [-0.39, 0.29) is 11.4 Å². The van der Waals surface area contributed by atoms with E-state index in [1.165, 1.54) is 24.3 Å². The summed E-state index contributed by atoms with van der Waals surface area (Å²) in [7, 11) is -4.31. The van der Waals surface area contributed by atoms with Gasteiger partial charge in [-0.3, -0.25) is 9.27 Å². The number of hydrogen-bond donors (Lipinski definition) is 3. The highest BCUT2D eigenvalue weighted by molar-refractivity contribution is 7.87. The van der Waals surface area contributed by atoms with Crippen molar-refractivity contribution in [1.82, 2.24) is 0 Å². The summed E-state index contributed by atoms with van der Waals surface area (Å²) in [6.45, 7) is 0. The largest absolute Gasteiger partial charge is 0.506 e. The molecule has 5 nitrogen and oxygen atoms in total. The standard InChI is InChI=1S/C6H7NO4S/c8-6-4-2-1-3-5(6)7-12(9,10)11/h1-4,7-8H,(H,9,10,11). The Hall–Kier alpha value is -1.27. The van der Waals surface area contributed by atoms with Crippen LogP contribution in [0.2, 0.25) is 0 Å². The number of rotatable bonds is 2. The van der Waals surface area contributed by atoms with Crippen molar-refractivity contribution in [1.29, 1.82) is 0 Å². The summed E-state index contributed by atoms with van der Waals surface area (Å²) in [4.78, 5) is 0. The molecule has 0 aliphatic carbocycles. The van der Waals surface area contributed by atoms with Crippen LogP contribution in [0.1, 0.15) is 0 Å². The van der Waals surface area contributed by atoms with Crippen LogP contribution in [0.4, 0.5) is 5.69 Å². The molecule has 1 rings (SSSR count). The summed E-state index contributed by atoms with van der Waals surface area (Å²) in [6, 6.07) is 5.67. The molecule has 0 unspecified atom stereocenters. The normalized spacial score (nSPS) is 11.1. The van der Waals surface area contributed by atoms with Crippen molar-refractivity contribution in [3.05, 3.63) is 24.3 Å². The van der Waals surface area contributed by atoms with Crippen molar-refractivity contribution in [2.45, 2.75) is 0 Å². The summed E-state index contributed by atoms with van der Waals surface area (Å²) >= 11 is 0. The van der Waals surface area contributed by atoms with Crippen molar-refractivity contribution in [3.63, 3.8) is 0 Å². The van der Waals surface area contributed by atoms with E-state index in [2.05, 4.69) is 0 Å². The second-order valence-electron chi connectivity index (χ2n) is 2.09. The fourth-order valence-corrected chi connectivity index (χ4v) is 1.15. The maximum Gasteiger partial charge on any atom is 0.357 e. The molecule has 0 atom stereocenters. The first-order chi connectivity index (χ1) is 5.49. The monoisotopic (exact) mass is 189 g/mol. The Morgan fingerprint density at radius 3 is 2.33 bits per heavy atom. The van der Waals surface area contributed by atoms with Crippen molar-refractivity contribution in [3.8, 4) is 5.75 Å². The third-order valence-electron chi connectivity index (χ3n) is 1.14. The van der Waals surface area contributed by atoms with Crippen LogP contribution in [0.25, 0.3) is 0 Å². The lowest BCUT2D eigenvalue weighted by Crippen LogP contribution is -2.10. The quantitative estimate of drug-likeness (QED) is 0.470. The molecule has 0 heterocycles. The molecule has 0 amide bonds. The van der Waals surface area contributed by atoms with Gasteiger partial charge < -0.3 is 5.11 Å². The van der Waals surface area contributed by atoms with Gasteiger partial charge in [0.05, 0.1) is 5.69 Å². The molecule has 0 aliphatic rings. The van der Waals surface area contributed by atoms with Crippen LogP contribution in [0, 0.1) is 0 Å². The van der Waals surface area contributed by atoms with E-state index in [9.17, 15) is 8.42 Å². The molecule has 0 radical (unpaired) electrons. The van der Waals surface area contributed by atoms with E-state index in [0.717, 1.165) is 0 Å². The van der Waals surface area contributed by atoms with E-state index in [1.54, 1.807) is 4.72 Å². The Morgan fingerprint density at radius 2 is 1.83 bits per heavy atom. The van der Waals surface area contributed by atoms with E-state index in [4.69, 9.17) is 9.66 Å². The smallest absolute Gasteiger partial charge is 0.357 e. The second kappa shape index (κ2) is 3.00. The minimum Gasteiger partial charge on any atom is -0.506 e. The van der Waals surface area contributed by atoms with Crippen molar-refractivity contribution in [2.24, 2.45) is 0 Å². The Labute approximate surface area is 69.5 Å². The molecule has 3 N–H and O–H groups in total. The molecule has 0 bridgehead atoms. The predicted molar refractivity (Wildman–Crippen MR) is 43.3 cm³/mol. The van der Waals surface area contributed by atoms with Crippen LogP contribution in [0.3, 0.4) is 0 Å². The molecule has 6 heteroatoms. The molecule has 12 heavy (non-hydrogen) atoms. The van der Waals surface area contributed by atoms with Gasteiger partial charge in [0.1, 0.15) is 5.75 Å². The molecule has 1 aromatic carbocycles. The predicted octanol–water partition coefficient (Wildman–Crippen LogP) is 0.607. The summed E-state index contributed by atoms with van der Waals surface area (Å²) in [5.41, 5.74) is -0.0556. The van der Waals surface area contributed by atoms with Gasteiger partial charge >= 0.3 is 10.3 Å². The van der Waals surface area contributed by atoms with Crippen LogP contribution in [-0.4, -0.2) is 18.1 Å². The molecule has 0 spiro atoms. The molecule has 0 fully saturated rings. The minimum atomic E-state index is -4.31. The van der Waals surface area contributed by atoms with Crippen molar-refractivity contribution >= 4 is 16.0 Å². The number of anilines is 1. The van der Waals surface area contributed by atoms with Crippen molar-refractivity contribution in [2.75, 3.05) is 4.72 Å². The fraction of sp³-hybridized carbons (Fsp3) is 0. The lowest BCUT2D eigenvalue weighted by Gasteiger charge is -2.03. The Morgan fingerprint density at radius 1 is 1.25 bits per heavy atom. The van der Waals surface area contributed by atoms with Gasteiger partial charge in [0.2, 0.25) is 0 Å². The first-order valence-corrected chi connectivity index (χ1v) is 4.46.